The van der Waals surface area contributed by atoms with Gasteiger partial charge in [-0.15, -0.1) is 0 Å². The average Bonchev–Trinajstić information content (AvgIpc) is 3.21. The van der Waals surface area contributed by atoms with Gasteiger partial charge in [0.1, 0.15) is 10.0 Å². The van der Waals surface area contributed by atoms with E-state index in [0.29, 0.717) is 22.0 Å². The molecule has 0 aliphatic rings. The Bertz CT molecular complexity index is 1090. The Morgan fingerprint density at radius 1 is 1.03 bits per heavy atom. The fourth-order valence-electron chi connectivity index (χ4n) is 3.02. The number of carbonyl (C=O) groups excluding carboxylic acids is 3. The minimum absolute atomic E-state index is 0.0269. The molecular weight excluding hydrogens is 426 g/mol. The van der Waals surface area contributed by atoms with Gasteiger partial charge in [-0.3, -0.25) is 19.4 Å². The van der Waals surface area contributed by atoms with Gasteiger partial charge in [0.05, 0.1) is 0 Å². The minimum Gasteiger partial charge on any atom is -0.364 e. The molecule has 3 N–H and O–H groups in total. The predicted molar refractivity (Wildman–Crippen MR) is 125 cm³/mol. The molecule has 0 spiro atoms. The van der Waals surface area contributed by atoms with Gasteiger partial charge in [-0.2, -0.15) is 0 Å². The van der Waals surface area contributed by atoms with Gasteiger partial charge in [0, 0.05) is 44.0 Å². The largest absolute Gasteiger partial charge is 0.364 e. The summed E-state index contributed by atoms with van der Waals surface area (Å²) in [6.45, 7) is 0. The highest BCUT2D eigenvalue weighted by Crippen LogP contribution is 2.32. The SMILES string of the molecule is CN(C)C(=O)CCCCc1ccc(C(=O)Nc2sc(-c3ccncc3)nc2C(N)=O)cc1. The molecule has 0 aliphatic heterocycles. The number of benzene rings is 1. The molecule has 0 atom stereocenters. The molecule has 2 heterocycles. The molecule has 32 heavy (non-hydrogen) atoms. The molecule has 0 radical (unpaired) electrons. The molecule has 3 aromatic rings. The molecule has 2 aromatic heterocycles. The lowest BCUT2D eigenvalue weighted by Gasteiger charge is -2.09. The molecule has 3 rings (SSSR count). The summed E-state index contributed by atoms with van der Waals surface area (Å²) >= 11 is 1.18. The third-order valence-electron chi connectivity index (χ3n) is 4.84. The van der Waals surface area contributed by atoms with Crippen LogP contribution in [0.3, 0.4) is 0 Å². The van der Waals surface area contributed by atoms with Gasteiger partial charge in [0.15, 0.2) is 5.69 Å². The third kappa shape index (κ3) is 5.98. The van der Waals surface area contributed by atoms with Crippen LogP contribution in [0.1, 0.15) is 45.7 Å². The van der Waals surface area contributed by atoms with Crippen LogP contribution in [0.15, 0.2) is 48.8 Å². The van der Waals surface area contributed by atoms with Crippen molar-refractivity contribution in [2.75, 3.05) is 19.4 Å². The van der Waals surface area contributed by atoms with Crippen LogP contribution in [-0.4, -0.2) is 46.7 Å². The Labute approximate surface area is 190 Å². The quantitative estimate of drug-likeness (QED) is 0.484. The summed E-state index contributed by atoms with van der Waals surface area (Å²) in [6, 6.07) is 10.8. The first-order chi connectivity index (χ1) is 15.3. The van der Waals surface area contributed by atoms with E-state index in [2.05, 4.69) is 15.3 Å². The van der Waals surface area contributed by atoms with Crippen molar-refractivity contribution in [3.05, 3.63) is 65.6 Å². The standard InChI is InChI=1S/C23H25N5O3S/c1-28(2)18(29)6-4-3-5-15-7-9-16(10-8-15)21(31)27-23-19(20(24)30)26-22(32-23)17-11-13-25-14-12-17/h7-14H,3-6H2,1-2H3,(H2,24,30)(H,27,31). The number of thiazole rings is 1. The highest BCUT2D eigenvalue weighted by molar-refractivity contribution is 7.19. The number of aryl methyl sites for hydroxylation is 1. The van der Waals surface area contributed by atoms with Gasteiger partial charge >= 0.3 is 0 Å². The van der Waals surface area contributed by atoms with E-state index in [1.165, 1.54) is 11.3 Å². The Morgan fingerprint density at radius 2 is 1.72 bits per heavy atom. The number of nitrogens with one attached hydrogen (secondary N) is 1. The van der Waals surface area contributed by atoms with E-state index in [4.69, 9.17) is 5.73 Å². The van der Waals surface area contributed by atoms with E-state index in [0.717, 1.165) is 30.4 Å². The highest BCUT2D eigenvalue weighted by Gasteiger charge is 2.19. The second kappa shape index (κ2) is 10.6. The van der Waals surface area contributed by atoms with Crippen molar-refractivity contribution in [1.82, 2.24) is 14.9 Å². The molecule has 0 bridgehead atoms. The van der Waals surface area contributed by atoms with Crippen molar-refractivity contribution >= 4 is 34.1 Å². The van der Waals surface area contributed by atoms with Crippen LogP contribution in [0.5, 0.6) is 0 Å². The molecule has 0 saturated carbocycles. The Kier molecular flexibility index (Phi) is 7.67. The monoisotopic (exact) mass is 451 g/mol. The van der Waals surface area contributed by atoms with Crippen LogP contribution >= 0.6 is 11.3 Å². The van der Waals surface area contributed by atoms with E-state index in [-0.39, 0.29) is 17.5 Å². The number of nitrogens with two attached hydrogens (primary N) is 1. The fraction of sp³-hybridized carbons (Fsp3) is 0.261. The maximum absolute atomic E-state index is 12.7. The summed E-state index contributed by atoms with van der Waals surface area (Å²) < 4.78 is 0. The molecular formula is C23H25N5O3S. The number of primary amides is 1. The summed E-state index contributed by atoms with van der Waals surface area (Å²) in [5.41, 5.74) is 7.82. The molecule has 1 aromatic carbocycles. The molecule has 3 amide bonds. The van der Waals surface area contributed by atoms with E-state index in [1.54, 1.807) is 55.7 Å². The third-order valence-corrected chi connectivity index (χ3v) is 5.86. The van der Waals surface area contributed by atoms with Crippen LogP contribution in [0.25, 0.3) is 10.6 Å². The van der Waals surface area contributed by atoms with Crippen molar-refractivity contribution in [3.8, 4) is 10.6 Å². The first-order valence-electron chi connectivity index (χ1n) is 10.2. The first kappa shape index (κ1) is 23.1. The van der Waals surface area contributed by atoms with Crippen LogP contribution in [0.2, 0.25) is 0 Å². The van der Waals surface area contributed by atoms with Crippen LogP contribution in [0.4, 0.5) is 5.00 Å². The molecule has 8 nitrogen and oxygen atoms in total. The zero-order chi connectivity index (χ0) is 23.1. The van der Waals surface area contributed by atoms with Gasteiger partial charge in [-0.1, -0.05) is 23.5 Å². The molecule has 166 valence electrons. The van der Waals surface area contributed by atoms with Crippen LogP contribution in [0, 0.1) is 0 Å². The molecule has 0 fully saturated rings. The van der Waals surface area contributed by atoms with Crippen molar-refractivity contribution < 1.29 is 14.4 Å². The first-order valence-corrected chi connectivity index (χ1v) is 11.0. The van der Waals surface area contributed by atoms with E-state index in [9.17, 15) is 14.4 Å². The van der Waals surface area contributed by atoms with Gasteiger partial charge in [0.2, 0.25) is 5.91 Å². The fourth-order valence-corrected chi connectivity index (χ4v) is 3.99. The zero-order valence-electron chi connectivity index (χ0n) is 18.0. The number of pyridine rings is 1. The van der Waals surface area contributed by atoms with Crippen LogP contribution in [-0.2, 0) is 11.2 Å². The topological polar surface area (TPSA) is 118 Å². The van der Waals surface area contributed by atoms with Gasteiger partial charge < -0.3 is 16.0 Å². The number of unbranched alkanes of at least 4 members (excludes halogenated alkanes) is 1. The summed E-state index contributed by atoms with van der Waals surface area (Å²) in [5.74, 6) is -0.928. The van der Waals surface area contributed by atoms with Crippen molar-refractivity contribution in [3.63, 3.8) is 0 Å². The van der Waals surface area contributed by atoms with E-state index < -0.39 is 5.91 Å². The van der Waals surface area contributed by atoms with Crippen molar-refractivity contribution in [2.45, 2.75) is 25.7 Å². The molecule has 0 aliphatic carbocycles. The Balaban J connectivity index is 1.63. The van der Waals surface area contributed by atoms with Gasteiger partial charge in [0.25, 0.3) is 11.8 Å². The summed E-state index contributed by atoms with van der Waals surface area (Å²) in [4.78, 5) is 46.0. The summed E-state index contributed by atoms with van der Waals surface area (Å²) in [5, 5.41) is 3.63. The molecule has 0 unspecified atom stereocenters. The Morgan fingerprint density at radius 3 is 2.34 bits per heavy atom. The summed E-state index contributed by atoms with van der Waals surface area (Å²) in [7, 11) is 3.51. The highest BCUT2D eigenvalue weighted by atomic mass is 32.1. The number of rotatable bonds is 9. The second-order valence-corrected chi connectivity index (χ2v) is 8.44. The normalized spacial score (nSPS) is 10.6. The maximum Gasteiger partial charge on any atom is 0.270 e. The van der Waals surface area contributed by atoms with Crippen LogP contribution < -0.4 is 11.1 Å². The Hall–Kier alpha value is -3.59. The summed E-state index contributed by atoms with van der Waals surface area (Å²) in [6.07, 6.45) is 6.33. The minimum atomic E-state index is -0.708. The lowest BCUT2D eigenvalue weighted by Crippen LogP contribution is -2.21. The van der Waals surface area contributed by atoms with E-state index in [1.807, 2.05) is 12.1 Å². The predicted octanol–water partition coefficient (Wildman–Crippen LogP) is 3.36. The second-order valence-electron chi connectivity index (χ2n) is 7.44. The number of hydrogen-bond acceptors (Lipinski definition) is 6. The number of nitrogens with zero attached hydrogens (tertiary/aromatic N) is 3. The number of aromatic nitrogens is 2. The molecule has 9 heteroatoms. The van der Waals surface area contributed by atoms with Crippen molar-refractivity contribution in [2.24, 2.45) is 5.73 Å². The van der Waals surface area contributed by atoms with Gasteiger partial charge in [-0.25, -0.2) is 4.98 Å². The lowest BCUT2D eigenvalue weighted by atomic mass is 10.0. The number of amides is 3. The lowest BCUT2D eigenvalue weighted by molar-refractivity contribution is -0.128. The average molecular weight is 452 g/mol. The molecule has 0 saturated heterocycles. The smallest absolute Gasteiger partial charge is 0.270 e. The van der Waals surface area contributed by atoms with Crippen molar-refractivity contribution in [1.29, 1.82) is 0 Å². The number of carbonyl (C=O) groups is 3. The van der Waals surface area contributed by atoms with E-state index >= 15 is 0 Å². The number of anilines is 1. The number of hydrogen-bond donors (Lipinski definition) is 2. The van der Waals surface area contributed by atoms with Gasteiger partial charge in [-0.05, 0) is 49.1 Å². The zero-order valence-corrected chi connectivity index (χ0v) is 18.8. The maximum atomic E-state index is 12.7.